The molecule has 0 radical (unpaired) electrons. The minimum Gasteiger partial charge on any atom is -0.298 e. The van der Waals surface area contributed by atoms with Gasteiger partial charge in [0.25, 0.3) is 5.92 Å². The van der Waals surface area contributed by atoms with Crippen LogP contribution < -0.4 is 0 Å². The molecule has 0 bridgehead atoms. The molecule has 21 heavy (non-hydrogen) atoms. The van der Waals surface area contributed by atoms with Gasteiger partial charge < -0.3 is 0 Å². The molecule has 1 saturated carbocycles. The highest BCUT2D eigenvalue weighted by atomic mass is 19.3. The molecule has 3 aliphatic rings. The Bertz CT molecular complexity index is 349. The molecule has 0 aromatic carbocycles. The van der Waals surface area contributed by atoms with Crippen LogP contribution in [0.4, 0.5) is 8.78 Å². The number of piperazine rings is 1. The molecule has 0 amide bonds. The lowest BCUT2D eigenvalue weighted by atomic mass is 9.88. The van der Waals surface area contributed by atoms with Gasteiger partial charge in [-0.25, -0.2) is 8.78 Å². The highest BCUT2D eigenvalue weighted by molar-refractivity contribution is 4.97. The summed E-state index contributed by atoms with van der Waals surface area (Å²) >= 11 is 0. The lowest BCUT2D eigenvalue weighted by molar-refractivity contribution is -0.145. The molecule has 5 heteroatoms. The van der Waals surface area contributed by atoms with Crippen LogP contribution in [0.5, 0.6) is 0 Å². The predicted octanol–water partition coefficient (Wildman–Crippen LogP) is 2.27. The molecule has 3 rings (SSSR count). The van der Waals surface area contributed by atoms with Gasteiger partial charge in [-0.05, 0) is 33.1 Å². The Balaban J connectivity index is 1.56. The second kappa shape index (κ2) is 6.09. The molecule has 2 saturated heterocycles. The van der Waals surface area contributed by atoms with Gasteiger partial charge >= 0.3 is 0 Å². The average molecular weight is 301 g/mol. The standard InChI is InChI=1S/C16H29F2N3/c1-13(2)19-8-10-20(11-9-19)15-6-7-21(12-16(15,17)18)14-4-3-5-14/h13-15H,3-12H2,1-2H3. The van der Waals surface area contributed by atoms with Crippen LogP contribution in [-0.4, -0.2) is 78.0 Å². The molecule has 122 valence electrons. The summed E-state index contributed by atoms with van der Waals surface area (Å²) < 4.78 is 29.2. The van der Waals surface area contributed by atoms with Crippen LogP contribution in [0.15, 0.2) is 0 Å². The highest BCUT2D eigenvalue weighted by Crippen LogP contribution is 2.36. The first-order valence-electron chi connectivity index (χ1n) is 8.57. The summed E-state index contributed by atoms with van der Waals surface area (Å²) in [4.78, 5) is 6.49. The normalized spacial score (nSPS) is 33.3. The van der Waals surface area contributed by atoms with Crippen molar-refractivity contribution in [2.75, 3.05) is 39.3 Å². The Kier molecular flexibility index (Phi) is 4.53. The van der Waals surface area contributed by atoms with Crippen molar-refractivity contribution in [3.05, 3.63) is 0 Å². The van der Waals surface area contributed by atoms with E-state index in [9.17, 15) is 8.78 Å². The zero-order valence-corrected chi connectivity index (χ0v) is 13.4. The number of hydrogen-bond acceptors (Lipinski definition) is 3. The molecule has 1 atom stereocenters. The van der Waals surface area contributed by atoms with Gasteiger partial charge in [0.05, 0.1) is 12.6 Å². The van der Waals surface area contributed by atoms with Crippen molar-refractivity contribution in [2.24, 2.45) is 0 Å². The van der Waals surface area contributed by atoms with Gasteiger partial charge in [0.15, 0.2) is 0 Å². The summed E-state index contributed by atoms with van der Waals surface area (Å²) in [6, 6.07) is 0.422. The van der Waals surface area contributed by atoms with Crippen LogP contribution in [0.2, 0.25) is 0 Å². The molecule has 0 spiro atoms. The maximum atomic E-state index is 14.6. The van der Waals surface area contributed by atoms with Crippen LogP contribution in [0.3, 0.4) is 0 Å². The minimum absolute atomic E-state index is 0.0211. The monoisotopic (exact) mass is 301 g/mol. The van der Waals surface area contributed by atoms with Crippen molar-refractivity contribution in [1.29, 1.82) is 0 Å². The smallest absolute Gasteiger partial charge is 0.275 e. The van der Waals surface area contributed by atoms with Crippen molar-refractivity contribution >= 4 is 0 Å². The van der Waals surface area contributed by atoms with E-state index in [1.54, 1.807) is 0 Å². The molecule has 0 aromatic heterocycles. The third kappa shape index (κ3) is 3.25. The van der Waals surface area contributed by atoms with Crippen LogP contribution in [0.1, 0.15) is 39.5 Å². The van der Waals surface area contributed by atoms with E-state index >= 15 is 0 Å². The van der Waals surface area contributed by atoms with Crippen molar-refractivity contribution in [1.82, 2.24) is 14.7 Å². The Morgan fingerprint density at radius 3 is 2.05 bits per heavy atom. The predicted molar refractivity (Wildman–Crippen MR) is 80.8 cm³/mol. The van der Waals surface area contributed by atoms with Crippen LogP contribution in [-0.2, 0) is 0 Å². The summed E-state index contributed by atoms with van der Waals surface area (Å²) in [5, 5.41) is 0. The van der Waals surface area contributed by atoms with Crippen LogP contribution in [0, 0.1) is 0 Å². The van der Waals surface area contributed by atoms with Gasteiger partial charge in [0.1, 0.15) is 0 Å². The fourth-order valence-electron chi connectivity index (χ4n) is 4.03. The second-order valence-electron chi connectivity index (χ2n) is 7.29. The summed E-state index contributed by atoms with van der Waals surface area (Å²) in [7, 11) is 0. The number of alkyl halides is 2. The van der Waals surface area contributed by atoms with E-state index < -0.39 is 12.0 Å². The first kappa shape index (κ1) is 15.6. The lowest BCUT2D eigenvalue weighted by Gasteiger charge is -2.49. The number of rotatable bonds is 3. The number of likely N-dealkylation sites (tertiary alicyclic amines) is 1. The van der Waals surface area contributed by atoms with Gasteiger partial charge in [-0.2, -0.15) is 0 Å². The summed E-state index contributed by atoms with van der Waals surface area (Å²) in [6.07, 6.45) is 4.08. The van der Waals surface area contributed by atoms with Crippen molar-refractivity contribution in [2.45, 2.75) is 63.6 Å². The van der Waals surface area contributed by atoms with Gasteiger partial charge in [-0.1, -0.05) is 6.42 Å². The van der Waals surface area contributed by atoms with Crippen LogP contribution >= 0.6 is 0 Å². The van der Waals surface area contributed by atoms with Crippen molar-refractivity contribution in [3.8, 4) is 0 Å². The molecule has 2 aliphatic heterocycles. The third-order valence-electron chi connectivity index (χ3n) is 5.70. The molecule has 1 aliphatic carbocycles. The minimum atomic E-state index is -2.55. The Labute approximate surface area is 127 Å². The van der Waals surface area contributed by atoms with E-state index in [-0.39, 0.29) is 6.54 Å². The van der Waals surface area contributed by atoms with Crippen molar-refractivity contribution < 1.29 is 8.78 Å². The first-order chi connectivity index (χ1) is 9.97. The zero-order chi connectivity index (χ0) is 15.0. The molecule has 0 N–H and O–H groups in total. The maximum absolute atomic E-state index is 14.6. The third-order valence-corrected chi connectivity index (χ3v) is 5.70. The topological polar surface area (TPSA) is 9.72 Å². The SMILES string of the molecule is CC(C)N1CCN(C2CCN(C3CCC3)CC2(F)F)CC1. The van der Waals surface area contributed by atoms with E-state index in [0.717, 1.165) is 45.6 Å². The summed E-state index contributed by atoms with van der Waals surface area (Å²) in [5.41, 5.74) is 0. The molecule has 3 fully saturated rings. The molecular formula is C16H29F2N3. The first-order valence-corrected chi connectivity index (χ1v) is 8.57. The molecular weight excluding hydrogens is 272 g/mol. The van der Waals surface area contributed by atoms with Gasteiger partial charge in [0.2, 0.25) is 0 Å². The zero-order valence-electron chi connectivity index (χ0n) is 13.4. The fourth-order valence-corrected chi connectivity index (χ4v) is 4.03. The highest BCUT2D eigenvalue weighted by Gasteiger charge is 2.49. The van der Waals surface area contributed by atoms with E-state index in [1.165, 1.54) is 6.42 Å². The number of piperidine rings is 1. The van der Waals surface area contributed by atoms with E-state index in [0.29, 0.717) is 18.5 Å². The lowest BCUT2D eigenvalue weighted by Crippen LogP contribution is -2.63. The molecule has 0 aromatic rings. The van der Waals surface area contributed by atoms with E-state index in [2.05, 4.69) is 23.6 Å². The van der Waals surface area contributed by atoms with Gasteiger partial charge in [-0.3, -0.25) is 14.7 Å². The number of nitrogens with zero attached hydrogens (tertiary/aromatic N) is 3. The maximum Gasteiger partial charge on any atom is 0.275 e. The van der Waals surface area contributed by atoms with Crippen molar-refractivity contribution in [3.63, 3.8) is 0 Å². The van der Waals surface area contributed by atoms with Gasteiger partial charge in [0, 0.05) is 44.8 Å². The van der Waals surface area contributed by atoms with Crippen LogP contribution in [0.25, 0.3) is 0 Å². The van der Waals surface area contributed by atoms with Gasteiger partial charge in [-0.15, -0.1) is 0 Å². The Morgan fingerprint density at radius 1 is 0.905 bits per heavy atom. The number of hydrogen-bond donors (Lipinski definition) is 0. The largest absolute Gasteiger partial charge is 0.298 e. The second-order valence-corrected chi connectivity index (χ2v) is 7.29. The average Bonchev–Trinajstić information content (AvgIpc) is 2.36. The fraction of sp³-hybridized carbons (Fsp3) is 1.00. The molecule has 1 unspecified atom stereocenters. The number of halogens is 2. The van der Waals surface area contributed by atoms with E-state index in [1.807, 2.05) is 4.90 Å². The summed E-state index contributed by atoms with van der Waals surface area (Å²) in [6.45, 7) is 8.64. The summed E-state index contributed by atoms with van der Waals surface area (Å²) in [5.74, 6) is -2.55. The molecule has 2 heterocycles. The quantitative estimate of drug-likeness (QED) is 0.792. The Hall–Kier alpha value is -0.260. The molecule has 3 nitrogen and oxygen atoms in total. The van der Waals surface area contributed by atoms with E-state index in [4.69, 9.17) is 0 Å². The Morgan fingerprint density at radius 2 is 1.57 bits per heavy atom.